The molecule has 4 rings (SSSR count). The van der Waals surface area contributed by atoms with Crippen molar-refractivity contribution >= 4 is 29.0 Å². The molecule has 9 heteroatoms. The summed E-state index contributed by atoms with van der Waals surface area (Å²) >= 11 is 0. The Hall–Kier alpha value is -3.56. The molecule has 0 radical (unpaired) electrons. The Bertz CT molecular complexity index is 1250. The number of aromatic nitrogens is 3. The number of aliphatic hydroxyl groups excluding tert-OH is 1. The minimum absolute atomic E-state index is 0.0182. The lowest BCUT2D eigenvalue weighted by Gasteiger charge is -2.28. The highest BCUT2D eigenvalue weighted by Crippen LogP contribution is 2.27. The largest absolute Gasteiger partial charge is 0.395 e. The van der Waals surface area contributed by atoms with E-state index in [9.17, 15) is 9.90 Å². The van der Waals surface area contributed by atoms with Gasteiger partial charge in [-0.1, -0.05) is 26.8 Å². The second-order valence-corrected chi connectivity index (χ2v) is 10.7. The fourth-order valence-electron chi connectivity index (χ4n) is 4.25. The predicted octanol–water partition coefficient (Wildman–Crippen LogP) is 4.14. The third-order valence-electron chi connectivity index (χ3n) is 6.21. The number of carbonyl (C=O) groups is 1. The van der Waals surface area contributed by atoms with Crippen molar-refractivity contribution in [3.05, 3.63) is 65.1 Å². The van der Waals surface area contributed by atoms with Crippen LogP contribution in [0.25, 0.3) is 0 Å². The minimum Gasteiger partial charge on any atom is -0.395 e. The van der Waals surface area contributed by atoms with Gasteiger partial charge in [-0.15, -0.1) is 0 Å². The Morgan fingerprint density at radius 2 is 1.86 bits per heavy atom. The molecule has 1 amide bonds. The van der Waals surface area contributed by atoms with Crippen molar-refractivity contribution in [3.8, 4) is 0 Å². The first-order chi connectivity index (χ1) is 17.6. The van der Waals surface area contributed by atoms with Crippen LogP contribution in [0.5, 0.6) is 0 Å². The molecule has 0 saturated carbocycles. The van der Waals surface area contributed by atoms with E-state index in [4.69, 9.17) is 0 Å². The number of anilines is 4. The van der Waals surface area contributed by atoms with E-state index in [2.05, 4.69) is 68.7 Å². The number of hydrogen-bond donors (Lipinski definition) is 4. The number of β-amino-alcohol motifs (C(OH)–C–C–N with tert-alkyl or cyclic N) is 1. The molecular formula is C28H37N7O2. The van der Waals surface area contributed by atoms with Gasteiger partial charge in [-0.25, -0.2) is 4.98 Å². The van der Waals surface area contributed by atoms with Gasteiger partial charge in [0.15, 0.2) is 0 Å². The highest BCUT2D eigenvalue weighted by molar-refractivity contribution is 5.99. The molecule has 0 fully saturated rings. The molecule has 196 valence electrons. The predicted molar refractivity (Wildman–Crippen MR) is 147 cm³/mol. The zero-order valence-corrected chi connectivity index (χ0v) is 22.3. The quantitative estimate of drug-likeness (QED) is 0.363. The summed E-state index contributed by atoms with van der Waals surface area (Å²) in [6, 6.07) is 10.1. The van der Waals surface area contributed by atoms with E-state index in [1.807, 2.05) is 32.0 Å². The van der Waals surface area contributed by atoms with E-state index < -0.39 is 0 Å². The van der Waals surface area contributed by atoms with Crippen LogP contribution in [0.15, 0.2) is 42.7 Å². The first-order valence-electron chi connectivity index (χ1n) is 12.8. The SMILES string of the molecule is CC(C)NC(=O)c1cnc(Nc2ccc3c(c2)CCN(CCO)C3)nc1Nc1ccnc(C(C)(C)C)c1. The van der Waals surface area contributed by atoms with E-state index in [-0.39, 0.29) is 24.0 Å². The second kappa shape index (κ2) is 11.2. The lowest BCUT2D eigenvalue weighted by molar-refractivity contribution is 0.0943. The lowest BCUT2D eigenvalue weighted by atomic mass is 9.91. The Balaban J connectivity index is 1.60. The fraction of sp³-hybridized carbons (Fsp3) is 0.429. The van der Waals surface area contributed by atoms with E-state index >= 15 is 0 Å². The Kier molecular flexibility index (Phi) is 8.04. The number of amides is 1. The standard InChI is InChI=1S/C28H37N7O2/c1-18(2)31-26(37)23-16-30-27(34-25(23)32-22-8-10-29-24(15-22)28(3,4)5)33-21-7-6-20-17-35(12-13-36)11-9-19(20)14-21/h6-8,10,14-16,18,36H,9,11-13,17H2,1-5H3,(H,31,37)(H2,29,30,32,33,34). The molecule has 0 spiro atoms. The third-order valence-corrected chi connectivity index (χ3v) is 6.21. The first kappa shape index (κ1) is 26.5. The molecule has 3 heterocycles. The molecule has 0 atom stereocenters. The van der Waals surface area contributed by atoms with Gasteiger partial charge in [0, 0.05) is 60.6 Å². The number of pyridine rings is 1. The van der Waals surface area contributed by atoms with Gasteiger partial charge in [-0.3, -0.25) is 14.7 Å². The van der Waals surface area contributed by atoms with Crippen LogP contribution in [0, 0.1) is 0 Å². The van der Waals surface area contributed by atoms with Crippen molar-refractivity contribution in [2.75, 3.05) is 30.3 Å². The number of aliphatic hydroxyl groups is 1. The molecule has 1 aliphatic heterocycles. The molecule has 4 N–H and O–H groups in total. The van der Waals surface area contributed by atoms with E-state index in [0.717, 1.165) is 36.6 Å². The Morgan fingerprint density at radius 1 is 1.08 bits per heavy atom. The molecule has 0 unspecified atom stereocenters. The summed E-state index contributed by atoms with van der Waals surface area (Å²) in [6.07, 6.45) is 4.23. The number of hydrogen-bond acceptors (Lipinski definition) is 8. The lowest BCUT2D eigenvalue weighted by Crippen LogP contribution is -2.32. The van der Waals surface area contributed by atoms with Crippen molar-refractivity contribution in [3.63, 3.8) is 0 Å². The summed E-state index contributed by atoms with van der Waals surface area (Å²) in [5.41, 5.74) is 5.41. The van der Waals surface area contributed by atoms with Gasteiger partial charge in [0.2, 0.25) is 5.95 Å². The smallest absolute Gasteiger partial charge is 0.256 e. The van der Waals surface area contributed by atoms with Gasteiger partial charge >= 0.3 is 0 Å². The number of benzene rings is 1. The zero-order valence-electron chi connectivity index (χ0n) is 22.3. The van der Waals surface area contributed by atoms with Crippen LogP contribution in [0.1, 0.15) is 61.8 Å². The Morgan fingerprint density at radius 3 is 2.59 bits per heavy atom. The van der Waals surface area contributed by atoms with Crippen LogP contribution in [0.3, 0.4) is 0 Å². The third kappa shape index (κ3) is 6.81. The van der Waals surface area contributed by atoms with E-state index in [1.165, 1.54) is 11.1 Å². The van der Waals surface area contributed by atoms with Crippen molar-refractivity contribution in [2.24, 2.45) is 0 Å². The van der Waals surface area contributed by atoms with Gasteiger partial charge in [-0.2, -0.15) is 4.98 Å². The summed E-state index contributed by atoms with van der Waals surface area (Å²) < 4.78 is 0. The monoisotopic (exact) mass is 503 g/mol. The highest BCUT2D eigenvalue weighted by atomic mass is 16.3. The number of carbonyl (C=O) groups excluding carboxylic acids is 1. The van der Waals surface area contributed by atoms with Gasteiger partial charge in [0.25, 0.3) is 5.91 Å². The van der Waals surface area contributed by atoms with E-state index in [0.29, 0.717) is 23.9 Å². The average Bonchev–Trinajstić information content (AvgIpc) is 2.84. The van der Waals surface area contributed by atoms with Gasteiger partial charge in [0.1, 0.15) is 11.4 Å². The molecule has 3 aromatic rings. The summed E-state index contributed by atoms with van der Waals surface area (Å²) in [6.45, 7) is 12.8. The normalized spacial score (nSPS) is 13.8. The van der Waals surface area contributed by atoms with Crippen molar-refractivity contribution in [2.45, 2.75) is 59.0 Å². The first-order valence-corrected chi connectivity index (χ1v) is 12.8. The number of nitrogens with one attached hydrogen (secondary N) is 3. The number of rotatable bonds is 8. The van der Waals surface area contributed by atoms with Crippen molar-refractivity contribution < 1.29 is 9.90 Å². The topological polar surface area (TPSA) is 115 Å². The van der Waals surface area contributed by atoms with Crippen LogP contribution in [0.4, 0.5) is 23.1 Å². The van der Waals surface area contributed by atoms with Crippen molar-refractivity contribution in [1.82, 2.24) is 25.2 Å². The van der Waals surface area contributed by atoms with E-state index in [1.54, 1.807) is 12.4 Å². The number of nitrogens with zero attached hydrogens (tertiary/aromatic N) is 4. The number of fused-ring (bicyclic) bond motifs is 1. The molecule has 0 bridgehead atoms. The average molecular weight is 504 g/mol. The maximum absolute atomic E-state index is 12.9. The second-order valence-electron chi connectivity index (χ2n) is 10.7. The molecule has 1 aromatic carbocycles. The molecule has 0 aliphatic carbocycles. The van der Waals surface area contributed by atoms with Crippen LogP contribution >= 0.6 is 0 Å². The summed E-state index contributed by atoms with van der Waals surface area (Å²) in [7, 11) is 0. The van der Waals surface area contributed by atoms with Crippen LogP contribution in [-0.2, 0) is 18.4 Å². The maximum Gasteiger partial charge on any atom is 0.256 e. The summed E-state index contributed by atoms with van der Waals surface area (Å²) in [5, 5.41) is 18.8. The molecule has 37 heavy (non-hydrogen) atoms. The molecule has 2 aromatic heterocycles. The maximum atomic E-state index is 12.9. The fourth-order valence-corrected chi connectivity index (χ4v) is 4.25. The van der Waals surface area contributed by atoms with Gasteiger partial charge in [0.05, 0.1) is 6.61 Å². The molecule has 1 aliphatic rings. The van der Waals surface area contributed by atoms with Gasteiger partial charge < -0.3 is 21.1 Å². The summed E-state index contributed by atoms with van der Waals surface area (Å²) in [4.78, 5) is 28.8. The van der Waals surface area contributed by atoms with Crippen LogP contribution in [0.2, 0.25) is 0 Å². The van der Waals surface area contributed by atoms with Crippen molar-refractivity contribution in [1.29, 1.82) is 0 Å². The van der Waals surface area contributed by atoms with Crippen LogP contribution < -0.4 is 16.0 Å². The minimum atomic E-state index is -0.240. The molecular weight excluding hydrogens is 466 g/mol. The molecule has 9 nitrogen and oxygen atoms in total. The Labute approximate surface area is 218 Å². The van der Waals surface area contributed by atoms with Gasteiger partial charge in [-0.05, 0) is 55.7 Å². The van der Waals surface area contributed by atoms with Crippen LogP contribution in [-0.4, -0.2) is 56.6 Å². The highest BCUT2D eigenvalue weighted by Gasteiger charge is 2.20. The summed E-state index contributed by atoms with van der Waals surface area (Å²) in [5.74, 6) is 0.570. The zero-order chi connectivity index (χ0) is 26.6. The molecule has 0 saturated heterocycles.